The molecule has 2 fully saturated rings. The smallest absolute Gasteiger partial charge is 0.245 e. The molecule has 6 nitrogen and oxygen atoms in total. The Morgan fingerprint density at radius 3 is 2.62 bits per heavy atom. The van der Waals surface area contributed by atoms with Crippen LogP contribution in [0.25, 0.3) is 0 Å². The van der Waals surface area contributed by atoms with Crippen molar-refractivity contribution >= 4 is 34.8 Å². The molecule has 29 heavy (non-hydrogen) atoms. The molecule has 0 spiro atoms. The number of anilines is 1. The number of likely N-dealkylation sites (tertiary alicyclic amines) is 2. The molecule has 2 N–H and O–H groups in total. The maximum atomic E-state index is 13.0. The highest BCUT2D eigenvalue weighted by atomic mass is 32.1. The molecule has 1 aromatic rings. The number of hydrogen-bond donors (Lipinski definition) is 2. The summed E-state index contributed by atoms with van der Waals surface area (Å²) in [6.07, 6.45) is 8.21. The average molecular weight is 415 g/mol. The number of hydrogen-bond acceptors (Lipinski definition) is 3. The molecule has 156 valence electrons. The first-order valence-corrected chi connectivity index (χ1v) is 11.3. The predicted octanol–water partition coefficient (Wildman–Crippen LogP) is 2.47. The summed E-state index contributed by atoms with van der Waals surface area (Å²) >= 11 is 5.49. The molecule has 1 aromatic carbocycles. The second-order valence-corrected chi connectivity index (χ2v) is 8.74. The van der Waals surface area contributed by atoms with Crippen LogP contribution < -0.4 is 10.6 Å². The van der Waals surface area contributed by atoms with Crippen LogP contribution in [0.1, 0.15) is 49.7 Å². The second-order valence-electron chi connectivity index (χ2n) is 8.33. The first kappa shape index (κ1) is 20.1. The molecule has 2 heterocycles. The number of nitrogens with one attached hydrogen (secondary N) is 2. The fourth-order valence-corrected chi connectivity index (χ4v) is 4.86. The molecule has 7 heteroatoms. The summed E-state index contributed by atoms with van der Waals surface area (Å²) in [5, 5.41) is 6.90. The van der Waals surface area contributed by atoms with Crippen molar-refractivity contribution in [2.24, 2.45) is 0 Å². The number of benzene rings is 1. The summed E-state index contributed by atoms with van der Waals surface area (Å²) in [6, 6.07) is 5.99. The third-order valence-corrected chi connectivity index (χ3v) is 6.45. The number of carbonyl (C=O) groups excluding carboxylic acids is 2. The van der Waals surface area contributed by atoms with Crippen molar-refractivity contribution in [1.29, 1.82) is 0 Å². The maximum Gasteiger partial charge on any atom is 0.245 e. The Kier molecular flexibility index (Phi) is 6.33. The van der Waals surface area contributed by atoms with E-state index in [0.29, 0.717) is 11.7 Å². The molecule has 3 aliphatic rings. The zero-order valence-electron chi connectivity index (χ0n) is 16.9. The molecule has 4 rings (SSSR count). The van der Waals surface area contributed by atoms with Gasteiger partial charge in [-0.2, -0.15) is 0 Å². The Morgan fingerprint density at radius 1 is 1.03 bits per heavy atom. The minimum Gasteiger partial charge on any atom is -0.351 e. The summed E-state index contributed by atoms with van der Waals surface area (Å²) in [6.45, 7) is 2.46. The highest BCUT2D eigenvalue weighted by Gasteiger charge is 2.30. The van der Waals surface area contributed by atoms with E-state index in [1.54, 1.807) is 4.90 Å². The van der Waals surface area contributed by atoms with E-state index in [4.69, 9.17) is 12.2 Å². The lowest BCUT2D eigenvalue weighted by atomic mass is 10.1. The average Bonchev–Trinajstić information content (AvgIpc) is 3.37. The van der Waals surface area contributed by atoms with Gasteiger partial charge in [0, 0.05) is 25.3 Å². The van der Waals surface area contributed by atoms with Gasteiger partial charge >= 0.3 is 0 Å². The summed E-state index contributed by atoms with van der Waals surface area (Å²) in [5.74, 6) is 0.0449. The lowest BCUT2D eigenvalue weighted by Crippen LogP contribution is -2.51. The molecule has 0 aromatic heterocycles. The fourth-order valence-electron chi connectivity index (χ4n) is 4.60. The van der Waals surface area contributed by atoms with E-state index < -0.39 is 0 Å². The van der Waals surface area contributed by atoms with Crippen LogP contribution in [0.15, 0.2) is 18.2 Å². The van der Waals surface area contributed by atoms with Crippen molar-refractivity contribution in [2.45, 2.75) is 57.4 Å². The van der Waals surface area contributed by atoms with Gasteiger partial charge in [-0.15, -0.1) is 0 Å². The molecule has 0 saturated carbocycles. The Hall–Kier alpha value is -2.15. The van der Waals surface area contributed by atoms with Crippen molar-refractivity contribution in [2.75, 3.05) is 31.5 Å². The van der Waals surface area contributed by atoms with Crippen molar-refractivity contribution < 1.29 is 9.59 Å². The van der Waals surface area contributed by atoms with Crippen LogP contribution in [-0.2, 0) is 22.4 Å². The van der Waals surface area contributed by atoms with Gasteiger partial charge in [-0.25, -0.2) is 0 Å². The van der Waals surface area contributed by atoms with Gasteiger partial charge in [0.25, 0.3) is 0 Å². The van der Waals surface area contributed by atoms with Crippen LogP contribution in [0.4, 0.5) is 5.69 Å². The standard InChI is InChI=1S/C22H30N4O2S/c27-20(25-11-3-4-12-25)15-26-13-2-1-8-19(21(26)28)24-22(29)23-18-10-9-16-6-5-7-17(16)14-18/h9-10,14,19H,1-8,11-13,15H2,(H2,23,24,29). The predicted molar refractivity (Wildman–Crippen MR) is 118 cm³/mol. The quantitative estimate of drug-likeness (QED) is 0.741. The number of carbonyl (C=O) groups is 2. The number of aryl methyl sites for hydroxylation is 2. The van der Waals surface area contributed by atoms with Crippen molar-refractivity contribution in [3.05, 3.63) is 29.3 Å². The van der Waals surface area contributed by atoms with E-state index in [0.717, 1.165) is 63.7 Å². The lowest BCUT2D eigenvalue weighted by Gasteiger charge is -2.27. The Bertz CT molecular complexity index is 791. The van der Waals surface area contributed by atoms with Gasteiger partial charge in [-0.05, 0) is 86.8 Å². The first-order valence-electron chi connectivity index (χ1n) is 10.9. The third-order valence-electron chi connectivity index (χ3n) is 6.23. The lowest BCUT2D eigenvalue weighted by molar-refractivity contribution is -0.140. The Labute approximate surface area is 178 Å². The topological polar surface area (TPSA) is 64.7 Å². The fraction of sp³-hybridized carbons (Fsp3) is 0.591. The second kappa shape index (κ2) is 9.11. The van der Waals surface area contributed by atoms with Crippen LogP contribution in [0.5, 0.6) is 0 Å². The van der Waals surface area contributed by atoms with E-state index in [-0.39, 0.29) is 24.4 Å². The van der Waals surface area contributed by atoms with Gasteiger partial charge in [0.1, 0.15) is 6.04 Å². The molecule has 2 aliphatic heterocycles. The van der Waals surface area contributed by atoms with Gasteiger partial charge in [0.15, 0.2) is 5.11 Å². The van der Waals surface area contributed by atoms with E-state index in [1.807, 2.05) is 11.0 Å². The van der Waals surface area contributed by atoms with E-state index in [1.165, 1.54) is 17.5 Å². The number of thiocarbonyl (C=S) groups is 1. The Morgan fingerprint density at radius 2 is 1.79 bits per heavy atom. The van der Waals surface area contributed by atoms with Crippen LogP contribution in [-0.4, -0.2) is 58.9 Å². The largest absolute Gasteiger partial charge is 0.351 e. The molecule has 1 unspecified atom stereocenters. The Balaban J connectivity index is 1.34. The SMILES string of the molecule is O=C(CN1CCCCC(NC(=S)Nc2ccc3c(c2)CCC3)C1=O)N1CCCC1. The summed E-state index contributed by atoms with van der Waals surface area (Å²) in [5.41, 5.74) is 3.77. The third kappa shape index (κ3) is 4.89. The van der Waals surface area contributed by atoms with Gasteiger partial charge < -0.3 is 20.4 Å². The van der Waals surface area contributed by atoms with E-state index >= 15 is 0 Å². The van der Waals surface area contributed by atoms with Crippen molar-refractivity contribution in [1.82, 2.24) is 15.1 Å². The minimum absolute atomic E-state index is 0.0202. The first-order chi connectivity index (χ1) is 14.1. The molecule has 1 aliphatic carbocycles. The van der Waals surface area contributed by atoms with Crippen molar-refractivity contribution in [3.8, 4) is 0 Å². The van der Waals surface area contributed by atoms with E-state index in [2.05, 4.69) is 22.8 Å². The van der Waals surface area contributed by atoms with Crippen molar-refractivity contribution in [3.63, 3.8) is 0 Å². The van der Waals surface area contributed by atoms with Gasteiger partial charge in [0.05, 0.1) is 6.54 Å². The minimum atomic E-state index is -0.377. The van der Waals surface area contributed by atoms with Gasteiger partial charge in [-0.1, -0.05) is 6.07 Å². The molecule has 2 saturated heterocycles. The number of amides is 2. The summed E-state index contributed by atoms with van der Waals surface area (Å²) in [4.78, 5) is 29.1. The highest BCUT2D eigenvalue weighted by molar-refractivity contribution is 7.80. The molecule has 0 radical (unpaired) electrons. The zero-order chi connectivity index (χ0) is 20.2. The van der Waals surface area contributed by atoms with Gasteiger partial charge in [-0.3, -0.25) is 9.59 Å². The van der Waals surface area contributed by atoms with Crippen LogP contribution in [0.2, 0.25) is 0 Å². The van der Waals surface area contributed by atoms with Crippen LogP contribution >= 0.6 is 12.2 Å². The molecular weight excluding hydrogens is 384 g/mol. The highest BCUT2D eigenvalue weighted by Crippen LogP contribution is 2.25. The molecule has 0 bridgehead atoms. The summed E-state index contributed by atoms with van der Waals surface area (Å²) < 4.78 is 0. The van der Waals surface area contributed by atoms with Gasteiger partial charge in [0.2, 0.25) is 11.8 Å². The molecule has 1 atom stereocenters. The van der Waals surface area contributed by atoms with Crippen LogP contribution in [0, 0.1) is 0 Å². The monoisotopic (exact) mass is 414 g/mol. The summed E-state index contributed by atoms with van der Waals surface area (Å²) in [7, 11) is 0. The van der Waals surface area contributed by atoms with E-state index in [9.17, 15) is 9.59 Å². The molecular formula is C22H30N4O2S. The molecule has 2 amide bonds. The number of rotatable bonds is 4. The number of fused-ring (bicyclic) bond motifs is 1. The normalized spacial score (nSPS) is 21.7. The van der Waals surface area contributed by atoms with Crippen LogP contribution in [0.3, 0.4) is 0 Å². The zero-order valence-corrected chi connectivity index (χ0v) is 17.7. The number of nitrogens with zero attached hydrogens (tertiary/aromatic N) is 2. The maximum absolute atomic E-state index is 13.0.